The lowest BCUT2D eigenvalue weighted by Gasteiger charge is -2.06. The van der Waals surface area contributed by atoms with Crippen LogP contribution in [0.4, 0.5) is 0 Å². The number of hydrogen-bond acceptors (Lipinski definition) is 2. The Morgan fingerprint density at radius 1 is 1.17 bits per heavy atom. The second-order valence-corrected chi connectivity index (χ2v) is 4.94. The lowest BCUT2D eigenvalue weighted by atomic mass is 10.1. The second kappa shape index (κ2) is 5.55. The van der Waals surface area contributed by atoms with Crippen molar-refractivity contribution < 1.29 is 0 Å². The van der Waals surface area contributed by atoms with E-state index in [9.17, 15) is 0 Å². The molecule has 0 aliphatic heterocycles. The van der Waals surface area contributed by atoms with E-state index < -0.39 is 0 Å². The van der Waals surface area contributed by atoms with E-state index in [-0.39, 0.29) is 0 Å². The predicted octanol–water partition coefficient (Wildman–Crippen LogP) is 2.98. The zero-order chi connectivity index (χ0) is 13.1. The maximum atomic E-state index is 6.19. The van der Waals surface area contributed by atoms with Gasteiger partial charge in [-0.1, -0.05) is 41.4 Å². The molecule has 18 heavy (non-hydrogen) atoms. The van der Waals surface area contributed by atoms with Crippen LogP contribution in [0.1, 0.15) is 22.5 Å². The van der Waals surface area contributed by atoms with E-state index in [4.69, 9.17) is 11.6 Å². The molecule has 0 unspecified atom stereocenters. The summed E-state index contributed by atoms with van der Waals surface area (Å²) < 4.78 is 1.83. The quantitative estimate of drug-likeness (QED) is 0.919. The minimum atomic E-state index is 0.726. The molecule has 1 heterocycles. The van der Waals surface area contributed by atoms with Gasteiger partial charge in [0.1, 0.15) is 0 Å². The van der Waals surface area contributed by atoms with Crippen LogP contribution in [0.5, 0.6) is 0 Å². The SMILES string of the molecule is Cc1ccc(CNCc2c(Cl)c(C)nn2C)cc1. The Kier molecular flexibility index (Phi) is 4.04. The second-order valence-electron chi connectivity index (χ2n) is 4.56. The first-order valence-corrected chi connectivity index (χ1v) is 6.40. The zero-order valence-electron chi connectivity index (χ0n) is 11.0. The van der Waals surface area contributed by atoms with E-state index in [1.807, 2.05) is 18.7 Å². The summed E-state index contributed by atoms with van der Waals surface area (Å²) >= 11 is 6.19. The largest absolute Gasteiger partial charge is 0.307 e. The summed E-state index contributed by atoms with van der Waals surface area (Å²) in [7, 11) is 1.92. The van der Waals surface area contributed by atoms with Crippen LogP contribution >= 0.6 is 11.6 Å². The van der Waals surface area contributed by atoms with Crippen molar-refractivity contribution in [1.29, 1.82) is 0 Å². The number of nitrogens with zero attached hydrogens (tertiary/aromatic N) is 2. The van der Waals surface area contributed by atoms with E-state index in [0.29, 0.717) is 0 Å². The van der Waals surface area contributed by atoms with E-state index in [1.54, 1.807) is 0 Å². The number of hydrogen-bond donors (Lipinski definition) is 1. The van der Waals surface area contributed by atoms with E-state index in [0.717, 1.165) is 29.5 Å². The van der Waals surface area contributed by atoms with Crippen molar-refractivity contribution in [2.24, 2.45) is 7.05 Å². The number of aromatic nitrogens is 2. The highest BCUT2D eigenvalue weighted by Crippen LogP contribution is 2.19. The van der Waals surface area contributed by atoms with Gasteiger partial charge in [0.25, 0.3) is 0 Å². The molecule has 0 saturated carbocycles. The van der Waals surface area contributed by atoms with E-state index >= 15 is 0 Å². The zero-order valence-corrected chi connectivity index (χ0v) is 11.8. The Balaban J connectivity index is 1.94. The number of halogens is 1. The van der Waals surface area contributed by atoms with E-state index in [2.05, 4.69) is 41.6 Å². The molecule has 0 saturated heterocycles. The fourth-order valence-corrected chi connectivity index (χ4v) is 2.13. The van der Waals surface area contributed by atoms with Gasteiger partial charge in [0.15, 0.2) is 0 Å². The molecule has 0 radical (unpaired) electrons. The fourth-order valence-electron chi connectivity index (χ4n) is 1.90. The number of nitrogens with one attached hydrogen (secondary N) is 1. The van der Waals surface area contributed by atoms with Crippen molar-refractivity contribution >= 4 is 11.6 Å². The standard InChI is InChI=1S/C14H18ClN3/c1-10-4-6-12(7-5-10)8-16-9-13-14(15)11(2)17-18(13)3/h4-7,16H,8-9H2,1-3H3. The summed E-state index contributed by atoms with van der Waals surface area (Å²) in [4.78, 5) is 0. The molecule has 0 bridgehead atoms. The van der Waals surface area contributed by atoms with Gasteiger partial charge in [-0.05, 0) is 19.4 Å². The first-order valence-electron chi connectivity index (χ1n) is 6.02. The van der Waals surface area contributed by atoms with Gasteiger partial charge >= 0.3 is 0 Å². The highest BCUT2D eigenvalue weighted by molar-refractivity contribution is 6.31. The molecule has 2 aromatic rings. The normalized spacial score (nSPS) is 10.9. The maximum Gasteiger partial charge on any atom is 0.0860 e. The summed E-state index contributed by atoms with van der Waals surface area (Å²) in [6.45, 7) is 5.58. The molecular weight excluding hydrogens is 246 g/mol. The number of aryl methyl sites for hydroxylation is 3. The molecule has 1 aromatic carbocycles. The Morgan fingerprint density at radius 2 is 1.83 bits per heavy atom. The van der Waals surface area contributed by atoms with Crippen molar-refractivity contribution in [1.82, 2.24) is 15.1 Å². The van der Waals surface area contributed by atoms with Crippen LogP contribution in [0.3, 0.4) is 0 Å². The van der Waals surface area contributed by atoms with Gasteiger partial charge in [0.2, 0.25) is 0 Å². The van der Waals surface area contributed by atoms with Crippen molar-refractivity contribution in [3.8, 4) is 0 Å². The summed E-state index contributed by atoms with van der Waals surface area (Å²) in [5.74, 6) is 0. The van der Waals surface area contributed by atoms with Gasteiger partial charge in [0.05, 0.1) is 16.4 Å². The first kappa shape index (κ1) is 13.1. The maximum absolute atomic E-state index is 6.19. The Hall–Kier alpha value is -1.32. The number of benzene rings is 1. The lowest BCUT2D eigenvalue weighted by Crippen LogP contribution is -2.15. The topological polar surface area (TPSA) is 29.9 Å². The predicted molar refractivity (Wildman–Crippen MR) is 74.7 cm³/mol. The lowest BCUT2D eigenvalue weighted by molar-refractivity contribution is 0.624. The molecule has 0 aliphatic rings. The highest BCUT2D eigenvalue weighted by atomic mass is 35.5. The first-order chi connectivity index (χ1) is 8.58. The third kappa shape index (κ3) is 2.92. The molecule has 4 heteroatoms. The molecule has 0 atom stereocenters. The molecule has 0 fully saturated rings. The molecular formula is C14H18ClN3. The van der Waals surface area contributed by atoms with Crippen molar-refractivity contribution in [3.05, 3.63) is 51.8 Å². The van der Waals surface area contributed by atoms with Crippen molar-refractivity contribution in [2.75, 3.05) is 0 Å². The number of rotatable bonds is 4. The van der Waals surface area contributed by atoms with Crippen molar-refractivity contribution in [2.45, 2.75) is 26.9 Å². The third-order valence-electron chi connectivity index (χ3n) is 3.00. The molecule has 96 valence electrons. The van der Waals surface area contributed by atoms with Gasteiger partial charge in [0, 0.05) is 20.1 Å². The average Bonchev–Trinajstić information content (AvgIpc) is 2.58. The molecule has 1 N–H and O–H groups in total. The van der Waals surface area contributed by atoms with Gasteiger partial charge in [-0.15, -0.1) is 0 Å². The molecule has 3 nitrogen and oxygen atoms in total. The molecule has 0 amide bonds. The molecule has 0 spiro atoms. The van der Waals surface area contributed by atoms with Gasteiger partial charge in [-0.2, -0.15) is 5.10 Å². The summed E-state index contributed by atoms with van der Waals surface area (Å²) in [6, 6.07) is 8.52. The van der Waals surface area contributed by atoms with Crippen molar-refractivity contribution in [3.63, 3.8) is 0 Å². The molecule has 2 rings (SSSR count). The minimum absolute atomic E-state index is 0.726. The monoisotopic (exact) mass is 263 g/mol. The summed E-state index contributed by atoms with van der Waals surface area (Å²) in [5.41, 5.74) is 4.47. The van der Waals surface area contributed by atoms with E-state index in [1.165, 1.54) is 11.1 Å². The highest BCUT2D eigenvalue weighted by Gasteiger charge is 2.09. The Morgan fingerprint density at radius 3 is 2.39 bits per heavy atom. The smallest absolute Gasteiger partial charge is 0.0860 e. The summed E-state index contributed by atoms with van der Waals surface area (Å²) in [5, 5.41) is 8.44. The Bertz CT molecular complexity index is 529. The van der Waals surface area contributed by atoms with Crippen LogP contribution in [0.25, 0.3) is 0 Å². The van der Waals surface area contributed by atoms with Crippen LogP contribution in [-0.2, 0) is 20.1 Å². The van der Waals surface area contributed by atoms with Gasteiger partial charge in [-0.25, -0.2) is 0 Å². The minimum Gasteiger partial charge on any atom is -0.307 e. The third-order valence-corrected chi connectivity index (χ3v) is 3.50. The molecule has 1 aromatic heterocycles. The fraction of sp³-hybridized carbons (Fsp3) is 0.357. The summed E-state index contributed by atoms with van der Waals surface area (Å²) in [6.07, 6.45) is 0. The Labute approximate surface area is 113 Å². The van der Waals surface area contributed by atoms with Crippen LogP contribution < -0.4 is 5.32 Å². The van der Waals surface area contributed by atoms with Crippen LogP contribution in [0, 0.1) is 13.8 Å². The van der Waals surface area contributed by atoms with Crippen LogP contribution in [0.15, 0.2) is 24.3 Å². The average molecular weight is 264 g/mol. The van der Waals surface area contributed by atoms with Gasteiger partial charge in [-0.3, -0.25) is 4.68 Å². The van der Waals surface area contributed by atoms with Gasteiger partial charge < -0.3 is 5.32 Å². The van der Waals surface area contributed by atoms with Crippen LogP contribution in [0.2, 0.25) is 5.02 Å². The van der Waals surface area contributed by atoms with Crippen LogP contribution in [-0.4, -0.2) is 9.78 Å². The molecule has 0 aliphatic carbocycles.